The standard InChI is InChI=1S/C29H30N2O3/c32-29(33-18-27-25-11-5-3-9-23(25)24-10-4-6-12-26(24)27)30-17-22-16-19-15-21(13-14-28(19)34-22)31-20-7-1-2-8-20/h3-6,9-15,20,22,27,31H,1-2,7-8,16-18H2,(H,30,32). The molecule has 2 N–H and O–H groups in total. The second-order valence-corrected chi connectivity index (χ2v) is 9.60. The maximum Gasteiger partial charge on any atom is 0.407 e. The first-order valence-electron chi connectivity index (χ1n) is 12.4. The number of fused-ring (bicyclic) bond motifs is 4. The highest BCUT2D eigenvalue weighted by molar-refractivity contribution is 5.79. The normalized spacial score (nSPS) is 18.6. The van der Waals surface area contributed by atoms with Gasteiger partial charge in [0.05, 0.1) is 6.54 Å². The summed E-state index contributed by atoms with van der Waals surface area (Å²) in [7, 11) is 0. The van der Waals surface area contributed by atoms with Crippen LogP contribution in [0.3, 0.4) is 0 Å². The van der Waals surface area contributed by atoms with Gasteiger partial charge in [-0.25, -0.2) is 4.79 Å². The number of anilines is 1. The van der Waals surface area contributed by atoms with Crippen LogP contribution >= 0.6 is 0 Å². The lowest BCUT2D eigenvalue weighted by atomic mass is 9.98. The van der Waals surface area contributed by atoms with E-state index >= 15 is 0 Å². The van der Waals surface area contributed by atoms with Crippen molar-refractivity contribution in [1.29, 1.82) is 0 Å². The molecule has 34 heavy (non-hydrogen) atoms. The predicted octanol–water partition coefficient (Wildman–Crippen LogP) is 5.88. The number of hydrogen-bond acceptors (Lipinski definition) is 4. The number of amides is 1. The van der Waals surface area contributed by atoms with Gasteiger partial charge in [-0.1, -0.05) is 61.4 Å². The third-order valence-corrected chi connectivity index (χ3v) is 7.35. The van der Waals surface area contributed by atoms with Gasteiger partial charge in [0.25, 0.3) is 0 Å². The van der Waals surface area contributed by atoms with Crippen LogP contribution in [0.2, 0.25) is 0 Å². The first-order chi connectivity index (χ1) is 16.7. The van der Waals surface area contributed by atoms with Crippen molar-refractivity contribution in [3.05, 3.63) is 83.4 Å². The Bertz CT molecular complexity index is 1160. The van der Waals surface area contributed by atoms with E-state index in [0.29, 0.717) is 19.2 Å². The Morgan fingerprint density at radius 3 is 2.38 bits per heavy atom. The molecule has 1 unspecified atom stereocenters. The maximum absolute atomic E-state index is 12.5. The molecule has 1 atom stereocenters. The van der Waals surface area contributed by atoms with Gasteiger partial charge in [-0.2, -0.15) is 0 Å². The first-order valence-corrected chi connectivity index (χ1v) is 12.4. The van der Waals surface area contributed by atoms with Gasteiger partial charge in [0.1, 0.15) is 18.5 Å². The summed E-state index contributed by atoms with van der Waals surface area (Å²) >= 11 is 0. The van der Waals surface area contributed by atoms with E-state index in [1.165, 1.54) is 59.2 Å². The van der Waals surface area contributed by atoms with Gasteiger partial charge >= 0.3 is 6.09 Å². The fourth-order valence-corrected chi connectivity index (χ4v) is 5.68. The number of ether oxygens (including phenoxy) is 2. The van der Waals surface area contributed by atoms with Crippen LogP contribution in [0.4, 0.5) is 10.5 Å². The lowest BCUT2D eigenvalue weighted by Crippen LogP contribution is -2.35. The van der Waals surface area contributed by atoms with Gasteiger partial charge in [-0.3, -0.25) is 0 Å². The molecule has 1 amide bonds. The zero-order valence-corrected chi connectivity index (χ0v) is 19.3. The van der Waals surface area contributed by atoms with Crippen LogP contribution in [0, 0.1) is 0 Å². The second kappa shape index (κ2) is 9.05. The van der Waals surface area contributed by atoms with E-state index in [0.717, 1.165) is 12.2 Å². The number of nitrogens with one attached hydrogen (secondary N) is 2. The van der Waals surface area contributed by atoms with Crippen molar-refractivity contribution in [3.8, 4) is 16.9 Å². The van der Waals surface area contributed by atoms with Crippen LogP contribution in [0.5, 0.6) is 5.75 Å². The van der Waals surface area contributed by atoms with Crippen molar-refractivity contribution in [2.45, 2.75) is 50.2 Å². The van der Waals surface area contributed by atoms with E-state index in [9.17, 15) is 4.79 Å². The Morgan fingerprint density at radius 1 is 0.941 bits per heavy atom. The fourth-order valence-electron chi connectivity index (χ4n) is 5.68. The monoisotopic (exact) mass is 454 g/mol. The van der Waals surface area contributed by atoms with E-state index in [-0.39, 0.29) is 12.0 Å². The Hall–Kier alpha value is -3.47. The maximum atomic E-state index is 12.5. The van der Waals surface area contributed by atoms with Gasteiger partial charge < -0.3 is 20.1 Å². The Labute approximate surface area is 200 Å². The highest BCUT2D eigenvalue weighted by atomic mass is 16.5. The molecule has 0 spiro atoms. The minimum Gasteiger partial charge on any atom is -0.488 e. The van der Waals surface area contributed by atoms with Crippen LogP contribution in [-0.2, 0) is 11.2 Å². The Balaban J connectivity index is 1.02. The average molecular weight is 455 g/mol. The molecule has 5 heteroatoms. The number of benzene rings is 3. The first kappa shape index (κ1) is 21.1. The van der Waals surface area contributed by atoms with Crippen molar-refractivity contribution >= 4 is 11.8 Å². The molecule has 174 valence electrons. The Morgan fingerprint density at radius 2 is 1.65 bits per heavy atom. The highest BCUT2D eigenvalue weighted by Gasteiger charge is 2.29. The number of hydrogen-bond donors (Lipinski definition) is 2. The van der Waals surface area contributed by atoms with E-state index in [2.05, 4.69) is 59.2 Å². The quantitative estimate of drug-likeness (QED) is 0.488. The van der Waals surface area contributed by atoms with E-state index in [1.807, 2.05) is 18.2 Å². The lowest BCUT2D eigenvalue weighted by Gasteiger charge is -2.16. The summed E-state index contributed by atoms with van der Waals surface area (Å²) in [5, 5.41) is 6.55. The summed E-state index contributed by atoms with van der Waals surface area (Å²) in [6.45, 7) is 0.749. The summed E-state index contributed by atoms with van der Waals surface area (Å²) in [5.74, 6) is 0.979. The minimum atomic E-state index is -0.398. The topological polar surface area (TPSA) is 59.6 Å². The SMILES string of the molecule is O=C(NCC1Cc2cc(NC3CCCC3)ccc2O1)OCC1c2ccccc2-c2ccccc21. The molecule has 3 aromatic carbocycles. The van der Waals surface area contributed by atoms with Crippen LogP contribution < -0.4 is 15.4 Å². The minimum absolute atomic E-state index is 0.0657. The number of carbonyl (C=O) groups excluding carboxylic acids is 1. The third-order valence-electron chi connectivity index (χ3n) is 7.35. The molecule has 1 fully saturated rings. The summed E-state index contributed by atoms with van der Waals surface area (Å²) in [5.41, 5.74) is 7.25. The molecule has 0 bridgehead atoms. The van der Waals surface area contributed by atoms with Crippen molar-refractivity contribution < 1.29 is 14.3 Å². The van der Waals surface area contributed by atoms with Crippen LogP contribution in [-0.4, -0.2) is 31.4 Å². The summed E-state index contributed by atoms with van der Waals surface area (Å²) in [6.07, 6.45) is 5.45. The molecule has 0 saturated heterocycles. The Kier molecular flexibility index (Phi) is 5.61. The summed E-state index contributed by atoms with van der Waals surface area (Å²) in [6, 6.07) is 23.6. The van der Waals surface area contributed by atoms with Gasteiger partial charge in [0.2, 0.25) is 0 Å². The van der Waals surface area contributed by atoms with Crippen molar-refractivity contribution in [1.82, 2.24) is 5.32 Å². The van der Waals surface area contributed by atoms with Crippen LogP contribution in [0.25, 0.3) is 11.1 Å². The van der Waals surface area contributed by atoms with Crippen molar-refractivity contribution in [2.24, 2.45) is 0 Å². The fraction of sp³-hybridized carbons (Fsp3) is 0.345. The average Bonchev–Trinajstić information content (AvgIpc) is 3.59. The van der Waals surface area contributed by atoms with Crippen molar-refractivity contribution in [3.63, 3.8) is 0 Å². The number of alkyl carbamates (subject to hydrolysis) is 1. The summed E-state index contributed by atoms with van der Waals surface area (Å²) in [4.78, 5) is 12.5. The molecule has 1 aliphatic heterocycles. The molecule has 2 aliphatic carbocycles. The lowest BCUT2D eigenvalue weighted by molar-refractivity contribution is 0.136. The highest BCUT2D eigenvalue weighted by Crippen LogP contribution is 2.44. The van der Waals surface area contributed by atoms with E-state index in [4.69, 9.17) is 9.47 Å². The predicted molar refractivity (Wildman–Crippen MR) is 134 cm³/mol. The smallest absolute Gasteiger partial charge is 0.407 e. The molecule has 6 rings (SSSR count). The zero-order valence-electron chi connectivity index (χ0n) is 19.3. The summed E-state index contributed by atoms with van der Waals surface area (Å²) < 4.78 is 11.7. The number of rotatable bonds is 6. The number of carbonyl (C=O) groups is 1. The van der Waals surface area contributed by atoms with Gasteiger partial charge in [0, 0.05) is 24.1 Å². The van der Waals surface area contributed by atoms with Crippen LogP contribution in [0.1, 0.15) is 48.3 Å². The zero-order chi connectivity index (χ0) is 22.9. The third kappa shape index (κ3) is 4.11. The molecular weight excluding hydrogens is 424 g/mol. The molecule has 0 aromatic heterocycles. The van der Waals surface area contributed by atoms with E-state index < -0.39 is 6.09 Å². The van der Waals surface area contributed by atoms with Gasteiger partial charge in [0.15, 0.2) is 0 Å². The second-order valence-electron chi connectivity index (χ2n) is 9.60. The molecule has 1 heterocycles. The van der Waals surface area contributed by atoms with Gasteiger partial charge in [-0.05, 0) is 58.9 Å². The van der Waals surface area contributed by atoms with Crippen molar-refractivity contribution in [2.75, 3.05) is 18.5 Å². The van der Waals surface area contributed by atoms with Crippen LogP contribution in [0.15, 0.2) is 66.7 Å². The molecular formula is C29H30N2O3. The molecule has 5 nitrogen and oxygen atoms in total. The van der Waals surface area contributed by atoms with E-state index in [1.54, 1.807) is 0 Å². The molecule has 0 radical (unpaired) electrons. The molecule has 3 aliphatic rings. The molecule has 1 saturated carbocycles. The largest absolute Gasteiger partial charge is 0.488 e. The van der Waals surface area contributed by atoms with Gasteiger partial charge in [-0.15, -0.1) is 0 Å². The molecule has 3 aromatic rings.